The van der Waals surface area contributed by atoms with Crippen LogP contribution in [0.5, 0.6) is 0 Å². The largest absolute Gasteiger partial charge is 0.448 e. The minimum absolute atomic E-state index is 0.0426. The first-order chi connectivity index (χ1) is 10.3. The van der Waals surface area contributed by atoms with Crippen LogP contribution >= 0.6 is 0 Å². The number of oxazole rings is 1. The van der Waals surface area contributed by atoms with Gasteiger partial charge in [-0.2, -0.15) is 0 Å². The molecule has 1 amide bonds. The van der Waals surface area contributed by atoms with E-state index < -0.39 is 0 Å². The Balaban J connectivity index is 1.71. The molecule has 3 rings (SSSR count). The highest BCUT2D eigenvalue weighted by Crippen LogP contribution is 2.24. The first kappa shape index (κ1) is 14.8. The molecule has 0 spiro atoms. The second-order valence-electron chi connectivity index (χ2n) is 6.91. The predicted molar refractivity (Wildman–Crippen MR) is 81.7 cm³/mol. The van der Waals surface area contributed by atoms with Gasteiger partial charge in [-0.05, 0) is 13.3 Å². The van der Waals surface area contributed by atoms with Crippen molar-refractivity contribution in [1.82, 2.24) is 19.9 Å². The molecular weight excluding hydrogens is 280 g/mol. The molecule has 0 bridgehead atoms. The summed E-state index contributed by atoms with van der Waals surface area (Å²) in [5.74, 6) is 1.48. The van der Waals surface area contributed by atoms with Gasteiger partial charge in [0.25, 0.3) is 5.91 Å². The summed E-state index contributed by atoms with van der Waals surface area (Å²) in [5, 5.41) is 3.04. The summed E-state index contributed by atoms with van der Waals surface area (Å²) >= 11 is 0. The Bertz CT molecular complexity index is 693. The van der Waals surface area contributed by atoms with Crippen molar-refractivity contribution in [3.8, 4) is 0 Å². The number of rotatable bonds is 2. The molecule has 6 nitrogen and oxygen atoms in total. The van der Waals surface area contributed by atoms with Crippen LogP contribution in [0.15, 0.2) is 17.0 Å². The van der Waals surface area contributed by atoms with Crippen LogP contribution in [0.3, 0.4) is 0 Å². The fourth-order valence-electron chi connectivity index (χ4n) is 2.70. The van der Waals surface area contributed by atoms with E-state index in [4.69, 9.17) is 9.40 Å². The number of hydrogen-bond donors (Lipinski definition) is 1. The van der Waals surface area contributed by atoms with Crippen molar-refractivity contribution in [3.63, 3.8) is 0 Å². The monoisotopic (exact) mass is 302 g/mol. The molecule has 2 aromatic rings. The Hall–Kier alpha value is -2.11. The maximum atomic E-state index is 12.2. The average molecular weight is 302 g/mol. The Morgan fingerprint density at radius 3 is 2.86 bits per heavy atom. The quantitative estimate of drug-likeness (QED) is 0.923. The highest BCUT2D eigenvalue weighted by molar-refractivity contribution is 5.93. The molecule has 0 saturated carbocycles. The second-order valence-corrected chi connectivity index (χ2v) is 6.91. The third-order valence-electron chi connectivity index (χ3n) is 4.06. The van der Waals surface area contributed by atoms with Crippen molar-refractivity contribution in [2.24, 2.45) is 0 Å². The van der Waals surface area contributed by atoms with Crippen molar-refractivity contribution >= 4 is 5.91 Å². The Morgan fingerprint density at radius 2 is 2.23 bits per heavy atom. The number of carbonyl (C=O) groups excluding carboxylic acids is 1. The highest BCUT2D eigenvalue weighted by atomic mass is 16.3. The van der Waals surface area contributed by atoms with Crippen LogP contribution in [-0.2, 0) is 18.4 Å². The van der Waals surface area contributed by atoms with Crippen LogP contribution in [0.25, 0.3) is 0 Å². The lowest BCUT2D eigenvalue weighted by atomic mass is 9.93. The van der Waals surface area contributed by atoms with E-state index in [0.717, 1.165) is 30.9 Å². The van der Waals surface area contributed by atoms with Crippen molar-refractivity contribution in [3.05, 3.63) is 35.6 Å². The summed E-state index contributed by atoms with van der Waals surface area (Å²) in [7, 11) is 0. The van der Waals surface area contributed by atoms with Gasteiger partial charge >= 0.3 is 0 Å². The zero-order valence-electron chi connectivity index (χ0n) is 13.5. The Morgan fingerprint density at radius 1 is 1.45 bits per heavy atom. The normalized spacial score (nSPS) is 18.1. The van der Waals surface area contributed by atoms with Gasteiger partial charge in [-0.1, -0.05) is 20.8 Å². The fourth-order valence-corrected chi connectivity index (χ4v) is 2.70. The number of aromatic nitrogens is 3. The van der Waals surface area contributed by atoms with E-state index >= 15 is 0 Å². The summed E-state index contributed by atoms with van der Waals surface area (Å²) in [6, 6.07) is 0.0955. The number of imidazole rings is 1. The summed E-state index contributed by atoms with van der Waals surface area (Å²) in [5.41, 5.74) is 1.51. The molecule has 1 aliphatic rings. The molecule has 1 atom stereocenters. The van der Waals surface area contributed by atoms with Gasteiger partial charge in [0.15, 0.2) is 12.1 Å². The molecule has 0 aliphatic carbocycles. The predicted octanol–water partition coefficient (Wildman–Crippen LogP) is 2.22. The van der Waals surface area contributed by atoms with Crippen LogP contribution in [-0.4, -0.2) is 26.5 Å². The number of aryl methyl sites for hydroxylation is 2. The number of hydrogen-bond acceptors (Lipinski definition) is 4. The zero-order valence-corrected chi connectivity index (χ0v) is 13.5. The second kappa shape index (κ2) is 5.26. The minimum atomic E-state index is -0.170. The average Bonchev–Trinajstić information content (AvgIpc) is 3.03. The number of nitrogens with zero attached hydrogens (tertiary/aromatic N) is 3. The van der Waals surface area contributed by atoms with E-state index in [-0.39, 0.29) is 17.4 Å². The third kappa shape index (κ3) is 2.77. The smallest absolute Gasteiger partial charge is 0.273 e. The Kier molecular flexibility index (Phi) is 3.54. The van der Waals surface area contributed by atoms with Gasteiger partial charge in [-0.15, -0.1) is 0 Å². The van der Waals surface area contributed by atoms with E-state index in [0.29, 0.717) is 11.5 Å². The summed E-state index contributed by atoms with van der Waals surface area (Å²) in [6.45, 7) is 8.98. The van der Waals surface area contributed by atoms with Crippen molar-refractivity contribution in [2.75, 3.05) is 0 Å². The number of amides is 1. The SMILES string of the molecule is Cc1ocnc1C(=O)NC1CCc2nc(C(C)(C)C)cn2C1. The molecule has 118 valence electrons. The molecular formula is C16H22N4O2. The molecule has 0 fully saturated rings. The molecule has 0 radical (unpaired) electrons. The summed E-state index contributed by atoms with van der Waals surface area (Å²) < 4.78 is 7.24. The lowest BCUT2D eigenvalue weighted by molar-refractivity contribution is 0.0921. The lowest BCUT2D eigenvalue weighted by Crippen LogP contribution is -2.41. The van der Waals surface area contributed by atoms with Crippen LogP contribution in [0.4, 0.5) is 0 Å². The molecule has 1 unspecified atom stereocenters. The van der Waals surface area contributed by atoms with E-state index in [1.807, 2.05) is 0 Å². The van der Waals surface area contributed by atoms with Crippen LogP contribution in [0.2, 0.25) is 0 Å². The maximum Gasteiger partial charge on any atom is 0.273 e. The summed E-state index contributed by atoms with van der Waals surface area (Å²) in [6.07, 6.45) is 5.17. The third-order valence-corrected chi connectivity index (χ3v) is 4.06. The molecule has 2 aromatic heterocycles. The first-order valence-electron chi connectivity index (χ1n) is 7.62. The Labute approximate surface area is 129 Å². The number of fused-ring (bicyclic) bond motifs is 1. The maximum absolute atomic E-state index is 12.2. The van der Waals surface area contributed by atoms with Gasteiger partial charge in [0.05, 0.1) is 5.69 Å². The fraction of sp³-hybridized carbons (Fsp3) is 0.562. The standard InChI is InChI=1S/C16H22N4O2/c1-10-14(17-9-22-10)15(21)18-11-5-6-13-19-12(16(2,3)4)8-20(13)7-11/h8-9,11H,5-7H2,1-4H3,(H,18,21). The van der Waals surface area contributed by atoms with Crippen molar-refractivity contribution in [1.29, 1.82) is 0 Å². The van der Waals surface area contributed by atoms with Gasteiger partial charge in [-0.3, -0.25) is 4.79 Å². The van der Waals surface area contributed by atoms with E-state index in [1.54, 1.807) is 6.92 Å². The minimum Gasteiger partial charge on any atom is -0.448 e. The number of carbonyl (C=O) groups is 1. The van der Waals surface area contributed by atoms with Gasteiger partial charge in [0.2, 0.25) is 0 Å². The molecule has 1 N–H and O–H groups in total. The van der Waals surface area contributed by atoms with E-state index in [9.17, 15) is 4.79 Å². The molecule has 22 heavy (non-hydrogen) atoms. The van der Waals surface area contributed by atoms with E-state index in [2.05, 4.69) is 41.8 Å². The summed E-state index contributed by atoms with van der Waals surface area (Å²) in [4.78, 5) is 20.9. The van der Waals surface area contributed by atoms with E-state index in [1.165, 1.54) is 6.39 Å². The van der Waals surface area contributed by atoms with Crippen LogP contribution in [0, 0.1) is 6.92 Å². The van der Waals surface area contributed by atoms with Gasteiger partial charge in [0.1, 0.15) is 11.6 Å². The molecule has 0 aromatic carbocycles. The number of nitrogens with one attached hydrogen (secondary N) is 1. The first-order valence-corrected chi connectivity index (χ1v) is 7.62. The van der Waals surface area contributed by atoms with Crippen LogP contribution in [0.1, 0.15) is 55.0 Å². The zero-order chi connectivity index (χ0) is 15.9. The van der Waals surface area contributed by atoms with Gasteiger partial charge < -0.3 is 14.3 Å². The molecule has 0 saturated heterocycles. The molecule has 1 aliphatic heterocycles. The van der Waals surface area contributed by atoms with Crippen molar-refractivity contribution < 1.29 is 9.21 Å². The molecule has 6 heteroatoms. The van der Waals surface area contributed by atoms with Crippen molar-refractivity contribution in [2.45, 2.75) is 58.5 Å². The molecule has 3 heterocycles. The topological polar surface area (TPSA) is 73.0 Å². The van der Waals surface area contributed by atoms with Gasteiger partial charge in [-0.25, -0.2) is 9.97 Å². The highest BCUT2D eigenvalue weighted by Gasteiger charge is 2.26. The van der Waals surface area contributed by atoms with Gasteiger partial charge in [0, 0.05) is 30.6 Å². The van der Waals surface area contributed by atoms with Crippen LogP contribution < -0.4 is 5.32 Å². The lowest BCUT2D eigenvalue weighted by Gasteiger charge is -2.24.